The van der Waals surface area contributed by atoms with Gasteiger partial charge in [0.2, 0.25) is 0 Å². The number of aliphatic carboxylic acids is 1. The van der Waals surface area contributed by atoms with Gasteiger partial charge < -0.3 is 14.4 Å². The van der Waals surface area contributed by atoms with Crippen molar-refractivity contribution in [3.8, 4) is 16.9 Å². The lowest BCUT2D eigenvalue weighted by Gasteiger charge is -2.12. The van der Waals surface area contributed by atoms with Gasteiger partial charge in [0.05, 0.1) is 24.2 Å². The van der Waals surface area contributed by atoms with E-state index in [-0.39, 0.29) is 6.42 Å². The highest BCUT2D eigenvalue weighted by molar-refractivity contribution is 5.98. The van der Waals surface area contributed by atoms with E-state index in [0.29, 0.717) is 13.2 Å². The lowest BCUT2D eigenvalue weighted by atomic mass is 9.98. The Hall–Kier alpha value is -4.39. The molecule has 0 bridgehead atoms. The van der Waals surface area contributed by atoms with E-state index in [9.17, 15) is 9.90 Å². The third-order valence-corrected chi connectivity index (χ3v) is 8.72. The van der Waals surface area contributed by atoms with E-state index < -0.39 is 5.97 Å². The number of para-hydroxylation sites is 1. The van der Waals surface area contributed by atoms with Crippen LogP contribution in [0.25, 0.3) is 22.0 Å². The number of ether oxygens (including phenoxy) is 1. The first kappa shape index (κ1) is 30.1. The molecule has 0 saturated carbocycles. The predicted octanol–water partition coefficient (Wildman–Crippen LogP) is 7.48. The van der Waals surface area contributed by atoms with Crippen LogP contribution in [0.4, 0.5) is 0 Å². The smallest absolute Gasteiger partial charge is 0.305 e. The highest BCUT2D eigenvalue weighted by Gasteiger charge is 2.22. The second-order valence-electron chi connectivity index (χ2n) is 11.5. The molecule has 0 aliphatic carbocycles. The van der Waals surface area contributed by atoms with Crippen molar-refractivity contribution in [2.75, 3.05) is 6.61 Å². The van der Waals surface area contributed by atoms with Gasteiger partial charge in [-0.2, -0.15) is 5.10 Å². The third-order valence-electron chi connectivity index (χ3n) is 8.72. The summed E-state index contributed by atoms with van der Waals surface area (Å²) >= 11 is 0. The molecular weight excluding hydrogens is 536 g/mol. The topological polar surface area (TPSA) is 82.2 Å². The fourth-order valence-electron chi connectivity index (χ4n) is 6.20. The van der Waals surface area contributed by atoms with E-state index in [4.69, 9.17) is 9.84 Å². The van der Waals surface area contributed by atoms with Gasteiger partial charge in [0, 0.05) is 59.3 Å². The molecule has 1 N–H and O–H groups in total. The average Bonchev–Trinajstić information content (AvgIpc) is 3.42. The molecule has 3 heterocycles. The summed E-state index contributed by atoms with van der Waals surface area (Å²) in [6.45, 7) is 14.4. The minimum atomic E-state index is -0.799. The molecule has 0 amide bonds. The normalized spacial score (nSPS) is 11.4. The maximum absolute atomic E-state index is 11.6. The van der Waals surface area contributed by atoms with Crippen molar-refractivity contribution in [3.05, 3.63) is 99.8 Å². The Morgan fingerprint density at radius 2 is 1.67 bits per heavy atom. The van der Waals surface area contributed by atoms with Crippen LogP contribution in [0.2, 0.25) is 0 Å². The standard InChI is InChI=1S/C36H42N4O3/c1-23-21-30(22-24(2)25(23)3)43-20-10-14-31-27(5)39(18-16-34(41)42)36-32(31)12-9-13-33(36)35-26(4)38-40(28(35)6)19-15-29-11-7-8-17-37-29/h7-9,11-13,17,21-22H,10,14-16,18-20H2,1-6H3,(H,41,42). The molecule has 3 aromatic heterocycles. The number of carbonyl (C=O) groups is 1. The van der Waals surface area contributed by atoms with Crippen LogP contribution in [-0.4, -0.2) is 37.0 Å². The van der Waals surface area contributed by atoms with Crippen molar-refractivity contribution < 1.29 is 14.6 Å². The molecule has 2 aromatic carbocycles. The van der Waals surface area contributed by atoms with Crippen molar-refractivity contribution in [2.24, 2.45) is 0 Å². The Labute approximate surface area is 254 Å². The van der Waals surface area contributed by atoms with Crippen molar-refractivity contribution in [3.63, 3.8) is 0 Å². The summed E-state index contributed by atoms with van der Waals surface area (Å²) in [5, 5.41) is 15.7. The van der Waals surface area contributed by atoms with Gasteiger partial charge in [-0.3, -0.25) is 14.5 Å². The quantitative estimate of drug-likeness (QED) is 0.155. The zero-order chi connectivity index (χ0) is 30.7. The molecule has 0 aliphatic rings. The van der Waals surface area contributed by atoms with Gasteiger partial charge in [-0.1, -0.05) is 24.3 Å². The first-order valence-corrected chi connectivity index (χ1v) is 15.1. The zero-order valence-electron chi connectivity index (χ0n) is 26.2. The van der Waals surface area contributed by atoms with Gasteiger partial charge in [0.15, 0.2) is 0 Å². The maximum atomic E-state index is 11.6. The van der Waals surface area contributed by atoms with E-state index in [2.05, 4.69) is 86.1 Å². The van der Waals surface area contributed by atoms with E-state index in [1.807, 2.05) is 24.4 Å². The molecule has 7 nitrogen and oxygen atoms in total. The summed E-state index contributed by atoms with van der Waals surface area (Å²) in [7, 11) is 0. The Balaban J connectivity index is 1.46. The number of aromatic nitrogens is 4. The molecule has 0 saturated heterocycles. The lowest BCUT2D eigenvalue weighted by molar-refractivity contribution is -0.137. The minimum absolute atomic E-state index is 0.0644. The van der Waals surface area contributed by atoms with Crippen LogP contribution in [0.3, 0.4) is 0 Å². The molecule has 0 spiro atoms. The van der Waals surface area contributed by atoms with E-state index in [1.165, 1.54) is 27.6 Å². The third kappa shape index (κ3) is 6.36. The number of benzene rings is 2. The molecule has 224 valence electrons. The van der Waals surface area contributed by atoms with Crippen LogP contribution in [-0.2, 0) is 30.7 Å². The number of fused-ring (bicyclic) bond motifs is 1. The maximum Gasteiger partial charge on any atom is 0.305 e. The van der Waals surface area contributed by atoms with Crippen LogP contribution in [0.5, 0.6) is 5.75 Å². The second kappa shape index (κ2) is 12.9. The molecule has 7 heteroatoms. The van der Waals surface area contributed by atoms with Crippen LogP contribution in [0, 0.1) is 41.5 Å². The van der Waals surface area contributed by atoms with Crippen molar-refractivity contribution in [2.45, 2.75) is 80.3 Å². The first-order chi connectivity index (χ1) is 20.7. The number of carboxylic acid groups (broad SMARTS) is 1. The number of pyridine rings is 1. The number of carboxylic acids is 1. The molecule has 0 atom stereocenters. The van der Waals surface area contributed by atoms with Crippen LogP contribution < -0.4 is 4.74 Å². The molecule has 0 radical (unpaired) electrons. The minimum Gasteiger partial charge on any atom is -0.494 e. The van der Waals surface area contributed by atoms with E-state index in [0.717, 1.165) is 71.0 Å². The zero-order valence-corrected chi connectivity index (χ0v) is 26.2. The number of nitrogens with zero attached hydrogens (tertiary/aromatic N) is 4. The molecule has 5 rings (SSSR count). The molecule has 0 fully saturated rings. The lowest BCUT2D eigenvalue weighted by Crippen LogP contribution is -2.07. The number of hydrogen-bond donors (Lipinski definition) is 1. The predicted molar refractivity (Wildman–Crippen MR) is 172 cm³/mol. The van der Waals surface area contributed by atoms with E-state index in [1.54, 1.807) is 0 Å². The van der Waals surface area contributed by atoms with Gasteiger partial charge >= 0.3 is 5.97 Å². The largest absolute Gasteiger partial charge is 0.494 e. The highest BCUT2D eigenvalue weighted by atomic mass is 16.5. The summed E-state index contributed by atoms with van der Waals surface area (Å²) in [5.74, 6) is 0.113. The number of rotatable bonds is 12. The van der Waals surface area contributed by atoms with Crippen molar-refractivity contribution in [1.82, 2.24) is 19.3 Å². The number of aryl methyl sites for hydroxylation is 7. The Bertz CT molecular complexity index is 1740. The molecule has 5 aromatic rings. The first-order valence-electron chi connectivity index (χ1n) is 15.1. The van der Waals surface area contributed by atoms with Gasteiger partial charge in [-0.25, -0.2) is 0 Å². The fourth-order valence-corrected chi connectivity index (χ4v) is 6.20. The Kier molecular flexibility index (Phi) is 9.00. The van der Waals surface area contributed by atoms with Crippen molar-refractivity contribution >= 4 is 16.9 Å². The Morgan fingerprint density at radius 1 is 0.907 bits per heavy atom. The van der Waals surface area contributed by atoms with E-state index >= 15 is 0 Å². The second-order valence-corrected chi connectivity index (χ2v) is 11.5. The molecular formula is C36H42N4O3. The van der Waals surface area contributed by atoms with Gasteiger partial charge in [-0.05, 0) is 101 Å². The SMILES string of the molecule is Cc1cc(OCCCc2c(C)n(CCC(=O)O)c3c(-c4c(C)nn(CCc5ccccn5)c4C)cccc23)cc(C)c1C. The summed E-state index contributed by atoms with van der Waals surface area (Å²) in [6.07, 6.45) is 4.39. The van der Waals surface area contributed by atoms with Gasteiger partial charge in [-0.15, -0.1) is 0 Å². The monoisotopic (exact) mass is 578 g/mol. The summed E-state index contributed by atoms with van der Waals surface area (Å²) in [4.78, 5) is 16.1. The van der Waals surface area contributed by atoms with Crippen molar-refractivity contribution in [1.29, 1.82) is 0 Å². The van der Waals surface area contributed by atoms with Gasteiger partial charge in [0.1, 0.15) is 5.75 Å². The Morgan fingerprint density at radius 3 is 2.37 bits per heavy atom. The van der Waals surface area contributed by atoms with Crippen LogP contribution in [0.15, 0.2) is 54.7 Å². The summed E-state index contributed by atoms with van der Waals surface area (Å²) in [5.41, 5.74) is 12.5. The van der Waals surface area contributed by atoms with Gasteiger partial charge in [0.25, 0.3) is 0 Å². The highest BCUT2D eigenvalue weighted by Crippen LogP contribution is 2.38. The molecule has 0 unspecified atom stereocenters. The molecule has 43 heavy (non-hydrogen) atoms. The fraction of sp³-hybridized carbons (Fsp3) is 0.361. The summed E-state index contributed by atoms with van der Waals surface area (Å²) in [6, 6.07) is 16.6. The average molecular weight is 579 g/mol. The summed E-state index contributed by atoms with van der Waals surface area (Å²) < 4.78 is 10.4. The number of hydrogen-bond acceptors (Lipinski definition) is 4. The van der Waals surface area contributed by atoms with Crippen LogP contribution >= 0.6 is 0 Å². The van der Waals surface area contributed by atoms with Crippen LogP contribution in [0.1, 0.15) is 57.9 Å². The molecule has 0 aliphatic heterocycles.